The van der Waals surface area contributed by atoms with E-state index in [0.717, 1.165) is 11.0 Å². The van der Waals surface area contributed by atoms with Crippen LogP contribution in [0.2, 0.25) is 0 Å². The second-order valence-corrected chi connectivity index (χ2v) is 4.40. The molecule has 7 heteroatoms. The number of nitrogens with two attached hydrogens (primary N) is 1. The first-order valence-corrected chi connectivity index (χ1v) is 5.67. The number of amides is 1. The number of β-amino-alcohol motifs (C(OH)–C–C–N with tert-alkyl or cyclic N) is 1. The zero-order valence-electron chi connectivity index (χ0n) is 9.91. The molecule has 0 spiro atoms. The number of nitrogens with zero attached hydrogens (tertiary/aromatic N) is 1. The number of rotatable bonds is 2. The van der Waals surface area contributed by atoms with Crippen LogP contribution >= 0.6 is 0 Å². The van der Waals surface area contributed by atoms with Crippen molar-refractivity contribution in [1.82, 2.24) is 4.90 Å². The summed E-state index contributed by atoms with van der Waals surface area (Å²) in [6.07, 6.45) is -0.948. The molecule has 2 atom stereocenters. The molecule has 1 unspecified atom stereocenters. The molecule has 1 heterocycles. The highest BCUT2D eigenvalue weighted by Crippen LogP contribution is 2.24. The summed E-state index contributed by atoms with van der Waals surface area (Å²) in [4.78, 5) is 24.2. The molecule has 6 nitrogen and oxygen atoms in total. The molecule has 1 aromatic rings. The molecule has 1 aromatic carbocycles. The molecule has 0 saturated carbocycles. The number of benzene rings is 1. The molecule has 1 aliphatic rings. The van der Waals surface area contributed by atoms with Crippen LogP contribution in [-0.2, 0) is 4.79 Å². The Hall–Kier alpha value is -2.15. The largest absolute Gasteiger partial charge is 0.480 e. The molecule has 4 N–H and O–H groups in total. The van der Waals surface area contributed by atoms with Gasteiger partial charge in [0, 0.05) is 13.0 Å². The number of para-hydroxylation sites is 1. The first kappa shape index (κ1) is 13.3. The minimum atomic E-state index is -1.21. The Kier molecular flexibility index (Phi) is 3.39. The van der Waals surface area contributed by atoms with E-state index in [4.69, 9.17) is 10.8 Å². The van der Waals surface area contributed by atoms with E-state index in [1.54, 1.807) is 0 Å². The van der Waals surface area contributed by atoms with Crippen LogP contribution in [0.15, 0.2) is 18.2 Å². The number of aliphatic carboxylic acids is 1. The van der Waals surface area contributed by atoms with Gasteiger partial charge in [-0.05, 0) is 12.1 Å². The molecule has 1 aliphatic heterocycles. The fourth-order valence-electron chi connectivity index (χ4n) is 2.15. The number of carboxylic acids is 1. The Bertz CT molecular complexity index is 534. The van der Waals surface area contributed by atoms with Gasteiger partial charge in [-0.25, -0.2) is 9.18 Å². The zero-order valence-corrected chi connectivity index (χ0v) is 9.91. The summed E-state index contributed by atoms with van der Waals surface area (Å²) in [5, 5.41) is 18.5. The summed E-state index contributed by atoms with van der Waals surface area (Å²) >= 11 is 0. The number of hydrogen-bond acceptors (Lipinski definition) is 4. The van der Waals surface area contributed by atoms with Crippen LogP contribution in [-0.4, -0.2) is 45.7 Å². The highest BCUT2D eigenvalue weighted by atomic mass is 19.1. The Labute approximate surface area is 108 Å². The van der Waals surface area contributed by atoms with Crippen LogP contribution in [0.5, 0.6) is 0 Å². The Balaban J connectivity index is 2.33. The molecule has 1 fully saturated rings. The van der Waals surface area contributed by atoms with Crippen molar-refractivity contribution in [2.75, 3.05) is 12.3 Å². The molecule has 0 radical (unpaired) electrons. The van der Waals surface area contributed by atoms with Crippen molar-refractivity contribution in [1.29, 1.82) is 0 Å². The van der Waals surface area contributed by atoms with E-state index in [2.05, 4.69) is 0 Å². The molecule has 19 heavy (non-hydrogen) atoms. The average Bonchev–Trinajstić information content (AvgIpc) is 2.74. The zero-order chi connectivity index (χ0) is 14.2. The Morgan fingerprint density at radius 1 is 1.42 bits per heavy atom. The normalized spacial score (nSPS) is 22.5. The standard InChI is InChI=1S/C12H13FN2O4/c13-8-3-1-2-7(10(8)14)11(17)15-5-6(16)4-9(15)12(18)19/h1-3,6,9,16H,4-5,14H2,(H,18,19)/t6?,9-/m0/s1. The molecular formula is C12H13FN2O4. The van der Waals surface area contributed by atoms with E-state index in [1.807, 2.05) is 0 Å². The van der Waals surface area contributed by atoms with Crippen LogP contribution in [0.1, 0.15) is 16.8 Å². The lowest BCUT2D eigenvalue weighted by molar-refractivity contribution is -0.141. The van der Waals surface area contributed by atoms with Gasteiger partial charge in [-0.2, -0.15) is 0 Å². The number of hydrogen-bond donors (Lipinski definition) is 3. The first-order valence-electron chi connectivity index (χ1n) is 5.67. The number of carbonyl (C=O) groups excluding carboxylic acids is 1. The summed E-state index contributed by atoms with van der Waals surface area (Å²) in [5.74, 6) is -2.64. The van der Waals surface area contributed by atoms with Crippen molar-refractivity contribution in [3.8, 4) is 0 Å². The van der Waals surface area contributed by atoms with Crippen molar-refractivity contribution < 1.29 is 24.2 Å². The molecule has 1 saturated heterocycles. The van der Waals surface area contributed by atoms with E-state index in [9.17, 15) is 19.1 Å². The molecule has 0 aliphatic carbocycles. The molecule has 1 amide bonds. The lowest BCUT2D eigenvalue weighted by Crippen LogP contribution is -2.40. The monoisotopic (exact) mass is 268 g/mol. The lowest BCUT2D eigenvalue weighted by Gasteiger charge is -2.21. The Morgan fingerprint density at radius 3 is 2.74 bits per heavy atom. The van der Waals surface area contributed by atoms with E-state index < -0.39 is 29.8 Å². The topological polar surface area (TPSA) is 104 Å². The maximum atomic E-state index is 13.3. The number of carboxylic acid groups (broad SMARTS) is 1. The quantitative estimate of drug-likeness (QED) is 0.658. The van der Waals surface area contributed by atoms with Gasteiger partial charge in [0.1, 0.15) is 11.9 Å². The first-order chi connectivity index (χ1) is 8.91. The fourth-order valence-corrected chi connectivity index (χ4v) is 2.15. The summed E-state index contributed by atoms with van der Waals surface area (Å²) < 4.78 is 13.3. The van der Waals surface area contributed by atoms with Crippen LogP contribution in [0.25, 0.3) is 0 Å². The SMILES string of the molecule is Nc1c(F)cccc1C(=O)N1CC(O)C[C@H]1C(=O)O. The molecular weight excluding hydrogens is 255 g/mol. The summed E-state index contributed by atoms with van der Waals surface area (Å²) in [6, 6.07) is 2.63. The highest BCUT2D eigenvalue weighted by Gasteiger charge is 2.39. The average molecular weight is 268 g/mol. The van der Waals surface area contributed by atoms with Crippen LogP contribution in [0, 0.1) is 5.82 Å². The van der Waals surface area contributed by atoms with Gasteiger partial charge >= 0.3 is 5.97 Å². The third-order valence-corrected chi connectivity index (χ3v) is 3.11. The second kappa shape index (κ2) is 4.85. The van der Waals surface area contributed by atoms with Crippen molar-refractivity contribution in [3.05, 3.63) is 29.6 Å². The Morgan fingerprint density at radius 2 is 2.11 bits per heavy atom. The fraction of sp³-hybridized carbons (Fsp3) is 0.333. The summed E-state index contributed by atoms with van der Waals surface area (Å²) in [5.41, 5.74) is 5.06. The second-order valence-electron chi connectivity index (χ2n) is 4.40. The third-order valence-electron chi connectivity index (χ3n) is 3.11. The third kappa shape index (κ3) is 2.37. The van der Waals surface area contributed by atoms with Crippen LogP contribution in [0.4, 0.5) is 10.1 Å². The number of halogens is 1. The number of nitrogen functional groups attached to an aromatic ring is 1. The smallest absolute Gasteiger partial charge is 0.326 e. The van der Waals surface area contributed by atoms with Crippen LogP contribution < -0.4 is 5.73 Å². The van der Waals surface area contributed by atoms with Gasteiger partial charge in [0.15, 0.2) is 0 Å². The maximum Gasteiger partial charge on any atom is 0.326 e. The maximum absolute atomic E-state index is 13.3. The highest BCUT2D eigenvalue weighted by molar-refractivity contribution is 6.01. The van der Waals surface area contributed by atoms with Gasteiger partial charge in [-0.15, -0.1) is 0 Å². The number of likely N-dealkylation sites (tertiary alicyclic amines) is 1. The van der Waals surface area contributed by atoms with Gasteiger partial charge in [0.05, 0.1) is 17.4 Å². The molecule has 0 bridgehead atoms. The lowest BCUT2D eigenvalue weighted by atomic mass is 10.1. The number of aliphatic hydroxyl groups excluding tert-OH is 1. The summed E-state index contributed by atoms with van der Waals surface area (Å²) in [7, 11) is 0. The van der Waals surface area contributed by atoms with Gasteiger partial charge < -0.3 is 20.8 Å². The number of carbonyl (C=O) groups is 2. The summed E-state index contributed by atoms with van der Waals surface area (Å²) in [6.45, 7) is -0.105. The van der Waals surface area contributed by atoms with Crippen molar-refractivity contribution in [2.45, 2.75) is 18.6 Å². The van der Waals surface area contributed by atoms with Gasteiger partial charge in [0.25, 0.3) is 5.91 Å². The molecule has 102 valence electrons. The number of aliphatic hydroxyl groups is 1. The number of anilines is 1. The van der Waals surface area contributed by atoms with E-state index in [1.165, 1.54) is 12.1 Å². The predicted octanol–water partition coefficient (Wildman–Crippen LogP) is 0.0679. The van der Waals surface area contributed by atoms with E-state index in [0.29, 0.717) is 0 Å². The minimum absolute atomic E-state index is 0.0453. The minimum Gasteiger partial charge on any atom is -0.480 e. The van der Waals surface area contributed by atoms with Crippen molar-refractivity contribution >= 4 is 17.6 Å². The van der Waals surface area contributed by atoms with Gasteiger partial charge in [-0.1, -0.05) is 6.07 Å². The molecule has 2 rings (SSSR count). The van der Waals surface area contributed by atoms with Crippen molar-refractivity contribution in [3.63, 3.8) is 0 Å². The van der Waals surface area contributed by atoms with Gasteiger partial charge in [-0.3, -0.25) is 4.79 Å². The van der Waals surface area contributed by atoms with Crippen LogP contribution in [0.3, 0.4) is 0 Å². The van der Waals surface area contributed by atoms with E-state index >= 15 is 0 Å². The predicted molar refractivity (Wildman–Crippen MR) is 63.9 cm³/mol. The molecule has 0 aromatic heterocycles. The van der Waals surface area contributed by atoms with E-state index in [-0.39, 0.29) is 24.2 Å². The van der Waals surface area contributed by atoms with Gasteiger partial charge in [0.2, 0.25) is 0 Å². The van der Waals surface area contributed by atoms with Crippen molar-refractivity contribution in [2.24, 2.45) is 0 Å².